The monoisotopic (exact) mass is 339 g/mol. The smallest absolute Gasteiger partial charge is 0.238 e. The molecule has 1 fully saturated rings. The first kappa shape index (κ1) is 17.4. The third-order valence-electron chi connectivity index (χ3n) is 4.42. The van der Waals surface area contributed by atoms with E-state index in [0.717, 1.165) is 38.3 Å². The highest BCUT2D eigenvalue weighted by molar-refractivity contribution is 5.91. The molecule has 1 amide bonds. The Balaban J connectivity index is 1.45. The van der Waals surface area contributed by atoms with Gasteiger partial charge in [-0.2, -0.15) is 0 Å². The lowest BCUT2D eigenvalue weighted by Gasteiger charge is -2.32. The predicted octanol–water partition coefficient (Wildman–Crippen LogP) is 2.06. The Kier molecular flexibility index (Phi) is 5.98. The van der Waals surface area contributed by atoms with Crippen molar-refractivity contribution in [3.8, 4) is 0 Å². The molecule has 0 unspecified atom stereocenters. The Hall–Kier alpha value is -2.44. The van der Waals surface area contributed by atoms with Crippen LogP contribution < -0.4 is 16.4 Å². The molecule has 0 saturated carbocycles. The van der Waals surface area contributed by atoms with Crippen LogP contribution in [0.4, 0.5) is 11.5 Å². The summed E-state index contributed by atoms with van der Waals surface area (Å²) in [7, 11) is 0. The second-order valence-electron chi connectivity index (χ2n) is 6.36. The van der Waals surface area contributed by atoms with Crippen LogP contribution in [0.1, 0.15) is 18.4 Å². The highest BCUT2D eigenvalue weighted by atomic mass is 16.1. The summed E-state index contributed by atoms with van der Waals surface area (Å²) < 4.78 is 0. The SMILES string of the molecule is NCC(=O)Nc1ccc(NC2CCN(Cc3ccccc3)CC2)nc1. The molecule has 0 aliphatic carbocycles. The fourth-order valence-corrected chi connectivity index (χ4v) is 3.05. The van der Waals surface area contributed by atoms with Crippen molar-refractivity contribution >= 4 is 17.4 Å². The molecule has 6 heteroatoms. The van der Waals surface area contributed by atoms with E-state index in [-0.39, 0.29) is 12.5 Å². The van der Waals surface area contributed by atoms with Crippen molar-refractivity contribution in [2.45, 2.75) is 25.4 Å². The largest absolute Gasteiger partial charge is 0.367 e. The Morgan fingerprint density at radius 2 is 1.92 bits per heavy atom. The average Bonchev–Trinajstić information content (AvgIpc) is 2.66. The van der Waals surface area contributed by atoms with Crippen molar-refractivity contribution in [3.05, 3.63) is 54.2 Å². The fourth-order valence-electron chi connectivity index (χ4n) is 3.05. The van der Waals surface area contributed by atoms with Crippen LogP contribution >= 0.6 is 0 Å². The number of aromatic nitrogens is 1. The van der Waals surface area contributed by atoms with Gasteiger partial charge >= 0.3 is 0 Å². The van der Waals surface area contributed by atoms with E-state index in [4.69, 9.17) is 5.73 Å². The number of piperidine rings is 1. The summed E-state index contributed by atoms with van der Waals surface area (Å²) in [6, 6.07) is 14.8. The molecule has 4 N–H and O–H groups in total. The van der Waals surface area contributed by atoms with Gasteiger partial charge in [-0.3, -0.25) is 9.69 Å². The molecule has 1 aromatic heterocycles. The van der Waals surface area contributed by atoms with Crippen molar-refractivity contribution in [2.24, 2.45) is 5.73 Å². The Bertz CT molecular complexity index is 666. The summed E-state index contributed by atoms with van der Waals surface area (Å²) in [5.74, 6) is 0.626. The number of anilines is 2. The first-order chi connectivity index (χ1) is 12.2. The number of hydrogen-bond donors (Lipinski definition) is 3. The number of nitrogens with one attached hydrogen (secondary N) is 2. The molecule has 2 aromatic rings. The molecule has 25 heavy (non-hydrogen) atoms. The van der Waals surface area contributed by atoms with Gasteiger partial charge in [-0.05, 0) is 30.5 Å². The minimum absolute atomic E-state index is 0.0262. The molecule has 1 aromatic carbocycles. The van der Waals surface area contributed by atoms with E-state index >= 15 is 0 Å². The van der Waals surface area contributed by atoms with Gasteiger partial charge in [0.25, 0.3) is 0 Å². The molecule has 132 valence electrons. The first-order valence-corrected chi connectivity index (χ1v) is 8.72. The second kappa shape index (κ2) is 8.60. The topological polar surface area (TPSA) is 83.3 Å². The molecule has 0 spiro atoms. The van der Waals surface area contributed by atoms with E-state index in [1.165, 1.54) is 5.56 Å². The number of rotatable bonds is 6. The zero-order valence-electron chi connectivity index (χ0n) is 14.3. The van der Waals surface area contributed by atoms with E-state index < -0.39 is 0 Å². The molecule has 0 bridgehead atoms. The zero-order valence-corrected chi connectivity index (χ0v) is 14.3. The standard InChI is InChI=1S/C19H25N5O/c20-12-19(25)23-17-6-7-18(21-13-17)22-16-8-10-24(11-9-16)14-15-4-2-1-3-5-15/h1-7,13,16H,8-12,14,20H2,(H,21,22)(H,23,25). The Labute approximate surface area is 148 Å². The minimum atomic E-state index is -0.215. The summed E-state index contributed by atoms with van der Waals surface area (Å²) in [5, 5.41) is 6.18. The fraction of sp³-hybridized carbons (Fsp3) is 0.368. The van der Waals surface area contributed by atoms with Crippen LogP contribution in [-0.2, 0) is 11.3 Å². The summed E-state index contributed by atoms with van der Waals surface area (Å²) in [6.07, 6.45) is 3.85. The van der Waals surface area contributed by atoms with Gasteiger partial charge in [0.05, 0.1) is 18.4 Å². The number of nitrogens with zero attached hydrogens (tertiary/aromatic N) is 2. The van der Waals surface area contributed by atoms with Gasteiger partial charge in [0.15, 0.2) is 0 Å². The number of carbonyl (C=O) groups excluding carboxylic acids is 1. The third kappa shape index (κ3) is 5.27. The molecular weight excluding hydrogens is 314 g/mol. The van der Waals surface area contributed by atoms with Crippen LogP contribution in [0.25, 0.3) is 0 Å². The average molecular weight is 339 g/mol. The summed E-state index contributed by atoms with van der Waals surface area (Å²) in [4.78, 5) is 18.1. The van der Waals surface area contributed by atoms with E-state index in [9.17, 15) is 4.79 Å². The van der Waals surface area contributed by atoms with E-state index in [0.29, 0.717) is 11.7 Å². The van der Waals surface area contributed by atoms with Crippen LogP contribution in [0.3, 0.4) is 0 Å². The van der Waals surface area contributed by atoms with E-state index in [1.807, 2.05) is 12.1 Å². The number of nitrogens with two attached hydrogens (primary N) is 1. The minimum Gasteiger partial charge on any atom is -0.367 e. The molecule has 0 radical (unpaired) electrons. The van der Waals surface area contributed by atoms with Crippen LogP contribution in [0.2, 0.25) is 0 Å². The molecule has 1 saturated heterocycles. The molecule has 3 rings (SSSR count). The normalized spacial score (nSPS) is 15.7. The number of pyridine rings is 1. The number of benzene rings is 1. The number of hydrogen-bond acceptors (Lipinski definition) is 5. The van der Waals surface area contributed by atoms with Crippen LogP contribution in [0.5, 0.6) is 0 Å². The number of likely N-dealkylation sites (tertiary alicyclic amines) is 1. The maximum Gasteiger partial charge on any atom is 0.238 e. The van der Waals surface area contributed by atoms with Gasteiger partial charge in [0, 0.05) is 25.7 Å². The second-order valence-corrected chi connectivity index (χ2v) is 6.36. The van der Waals surface area contributed by atoms with E-state index in [1.54, 1.807) is 6.20 Å². The van der Waals surface area contributed by atoms with Crippen LogP contribution in [0, 0.1) is 0 Å². The molecule has 6 nitrogen and oxygen atoms in total. The van der Waals surface area contributed by atoms with Crippen LogP contribution in [-0.4, -0.2) is 41.5 Å². The lowest BCUT2D eigenvalue weighted by molar-refractivity contribution is -0.114. The number of amides is 1. The van der Waals surface area contributed by atoms with Gasteiger partial charge in [-0.1, -0.05) is 30.3 Å². The molecule has 0 atom stereocenters. The summed E-state index contributed by atoms with van der Waals surface area (Å²) in [6.45, 7) is 3.15. The van der Waals surface area contributed by atoms with Crippen molar-refractivity contribution < 1.29 is 4.79 Å². The van der Waals surface area contributed by atoms with Gasteiger partial charge in [-0.15, -0.1) is 0 Å². The Morgan fingerprint density at radius 1 is 1.16 bits per heavy atom. The van der Waals surface area contributed by atoms with Crippen molar-refractivity contribution in [1.29, 1.82) is 0 Å². The summed E-state index contributed by atoms with van der Waals surface area (Å²) in [5.41, 5.74) is 7.32. The molecule has 1 aliphatic heterocycles. The van der Waals surface area contributed by atoms with Crippen LogP contribution in [0.15, 0.2) is 48.7 Å². The first-order valence-electron chi connectivity index (χ1n) is 8.72. The third-order valence-corrected chi connectivity index (χ3v) is 4.42. The lowest BCUT2D eigenvalue weighted by atomic mass is 10.0. The van der Waals surface area contributed by atoms with Gasteiger partial charge < -0.3 is 16.4 Å². The van der Waals surface area contributed by atoms with Gasteiger partial charge in [0.2, 0.25) is 5.91 Å². The van der Waals surface area contributed by atoms with Crippen molar-refractivity contribution in [2.75, 3.05) is 30.3 Å². The van der Waals surface area contributed by atoms with Gasteiger partial charge in [-0.25, -0.2) is 4.98 Å². The highest BCUT2D eigenvalue weighted by Crippen LogP contribution is 2.18. The predicted molar refractivity (Wildman–Crippen MR) is 100 cm³/mol. The van der Waals surface area contributed by atoms with Crippen molar-refractivity contribution in [3.63, 3.8) is 0 Å². The maximum absolute atomic E-state index is 11.3. The van der Waals surface area contributed by atoms with E-state index in [2.05, 4.69) is 50.8 Å². The highest BCUT2D eigenvalue weighted by Gasteiger charge is 2.19. The van der Waals surface area contributed by atoms with Crippen molar-refractivity contribution in [1.82, 2.24) is 9.88 Å². The molecule has 2 heterocycles. The number of carbonyl (C=O) groups is 1. The zero-order chi connectivity index (χ0) is 17.5. The summed E-state index contributed by atoms with van der Waals surface area (Å²) >= 11 is 0. The molecular formula is C19H25N5O. The Morgan fingerprint density at radius 3 is 2.56 bits per heavy atom. The quantitative estimate of drug-likeness (QED) is 0.750. The maximum atomic E-state index is 11.3. The lowest BCUT2D eigenvalue weighted by Crippen LogP contribution is -2.38. The van der Waals surface area contributed by atoms with Gasteiger partial charge in [0.1, 0.15) is 5.82 Å². The molecule has 1 aliphatic rings.